The highest BCUT2D eigenvalue weighted by Gasteiger charge is 2.64. The molecule has 0 saturated carbocycles. The minimum absolute atomic E-state index is 0.0696. The second kappa shape index (κ2) is 21.7. The Labute approximate surface area is 388 Å². The lowest BCUT2D eigenvalue weighted by molar-refractivity contribution is -0.162. The predicted octanol–water partition coefficient (Wildman–Crippen LogP) is 5.85. The van der Waals surface area contributed by atoms with Crippen molar-refractivity contribution in [1.82, 2.24) is 15.1 Å². The van der Waals surface area contributed by atoms with E-state index in [1.54, 1.807) is 80.6 Å². The molecule has 64 heavy (non-hydrogen) atoms. The van der Waals surface area contributed by atoms with Gasteiger partial charge in [-0.25, -0.2) is 9.59 Å². The summed E-state index contributed by atoms with van der Waals surface area (Å²) in [5, 5.41) is 14.6. The molecular formula is C45H63ClN4O12S2. The molecule has 0 aromatic heterocycles. The van der Waals surface area contributed by atoms with Gasteiger partial charge < -0.3 is 38.6 Å². The summed E-state index contributed by atoms with van der Waals surface area (Å²) in [5.41, 5.74) is -1.02. The van der Waals surface area contributed by atoms with Crippen LogP contribution in [0.1, 0.15) is 85.6 Å². The number of carbonyl (C=O) groups is 6. The van der Waals surface area contributed by atoms with Crippen LogP contribution in [-0.2, 0) is 49.3 Å². The van der Waals surface area contributed by atoms with E-state index in [4.69, 9.17) is 35.3 Å². The molecule has 4 bridgehead atoms. The van der Waals surface area contributed by atoms with Crippen molar-refractivity contribution in [3.05, 3.63) is 46.5 Å². The van der Waals surface area contributed by atoms with Crippen molar-refractivity contribution in [1.29, 1.82) is 0 Å². The number of rotatable bonds is 14. The van der Waals surface area contributed by atoms with Crippen molar-refractivity contribution in [2.45, 2.75) is 134 Å². The molecule has 4 aliphatic rings. The van der Waals surface area contributed by atoms with Gasteiger partial charge in [0.2, 0.25) is 23.6 Å². The molecule has 0 radical (unpaired) electrons. The van der Waals surface area contributed by atoms with Gasteiger partial charge in [0.25, 0.3) is 0 Å². The topological polar surface area (TPSA) is 194 Å². The Hall–Kier alpha value is -3.81. The SMILES string of the molecule is COc1cc2cc(c1Cl)N(C)C(=O)C[C@H](OC(=O)[C@H](C)N(C)C(=O)CCC(C)SSCCCN1C(=O)CC(C)C1=O)[C@]1(C)O[C@@H]1[C@H](C)[C@@H]1C[C@@](O)(NC(=O)O1)[C@H](OC)/C=C/C=C(\C)C2. The van der Waals surface area contributed by atoms with Crippen molar-refractivity contribution < 1.29 is 57.6 Å². The van der Waals surface area contributed by atoms with Crippen LogP contribution in [0.3, 0.4) is 0 Å². The molecule has 3 fully saturated rings. The number of likely N-dealkylation sites (tertiary alicyclic amines) is 1. The smallest absolute Gasteiger partial charge is 0.409 e. The molecule has 4 heterocycles. The number of hydrogen-bond donors (Lipinski definition) is 2. The van der Waals surface area contributed by atoms with Crippen LogP contribution < -0.4 is 15.0 Å². The van der Waals surface area contributed by atoms with Gasteiger partial charge in [0, 0.05) is 69.9 Å². The summed E-state index contributed by atoms with van der Waals surface area (Å²) < 4.78 is 29.4. The van der Waals surface area contributed by atoms with Crippen LogP contribution >= 0.6 is 33.2 Å². The average molecular weight is 952 g/mol. The maximum atomic E-state index is 14.3. The first-order chi connectivity index (χ1) is 30.1. The number of alkyl carbamates (subject to hydrolysis) is 1. The number of benzene rings is 1. The van der Waals surface area contributed by atoms with E-state index in [-0.39, 0.29) is 59.6 Å². The van der Waals surface area contributed by atoms with Crippen LogP contribution in [0.25, 0.3) is 0 Å². The highest BCUT2D eigenvalue weighted by Crippen LogP contribution is 2.49. The number of esters is 1. The molecule has 16 nitrogen and oxygen atoms in total. The molecular weight excluding hydrogens is 888 g/mol. The standard InChI is InChI=1S/C45H63ClN4O12S2/c1-25-13-11-14-34(59-10)45(57)24-33(60-43(56)47-45)28(4)40-44(6,62-40)35(23-37(52)49(8)31-21-30(19-25)22-32(58-9)39(31)46)61-42(55)29(5)48(7)36(51)16-15-27(3)64-63-18-12-17-50-38(53)20-26(2)41(50)54/h11,13-14,21-22,26-29,33-35,40,57H,12,15-20,23-24H2,1-10H3,(H,47,56)/b14-11+,25-13+/t26?,27?,28-,29+,33+,34-,35+,40-,44+,45+/m1/s1. The van der Waals surface area contributed by atoms with Crippen LogP contribution in [0.4, 0.5) is 10.5 Å². The van der Waals surface area contributed by atoms with Gasteiger partial charge in [0.1, 0.15) is 40.7 Å². The zero-order valence-corrected chi connectivity index (χ0v) is 40.7. The molecule has 2 unspecified atom stereocenters. The second-order valence-corrected chi connectivity index (χ2v) is 20.8. The maximum absolute atomic E-state index is 14.3. The molecule has 354 valence electrons. The molecule has 10 atom stereocenters. The molecule has 19 heteroatoms. The van der Waals surface area contributed by atoms with Gasteiger partial charge in [0.15, 0.2) is 5.72 Å². The van der Waals surface area contributed by atoms with Crippen molar-refractivity contribution >= 4 is 74.6 Å². The molecule has 1 aromatic rings. The van der Waals surface area contributed by atoms with Gasteiger partial charge in [-0.1, -0.05) is 77.8 Å². The Morgan fingerprint density at radius 1 is 1.12 bits per heavy atom. The molecule has 4 aliphatic heterocycles. The van der Waals surface area contributed by atoms with Crippen molar-refractivity contribution in [2.24, 2.45) is 11.8 Å². The van der Waals surface area contributed by atoms with E-state index >= 15 is 0 Å². The first kappa shape index (κ1) is 51.2. The lowest BCUT2D eigenvalue weighted by Crippen LogP contribution is -2.63. The van der Waals surface area contributed by atoms with Crippen LogP contribution in [0.5, 0.6) is 5.75 Å². The normalized spacial score (nSPS) is 30.9. The number of carbonyl (C=O) groups excluding carboxylic acids is 6. The number of halogens is 1. The van der Waals surface area contributed by atoms with Crippen LogP contribution in [0.15, 0.2) is 35.9 Å². The zero-order chi connectivity index (χ0) is 47.3. The van der Waals surface area contributed by atoms with E-state index < -0.39 is 65.7 Å². The average Bonchev–Trinajstić information content (AvgIpc) is 3.88. The van der Waals surface area contributed by atoms with Gasteiger partial charge in [-0.15, -0.1) is 0 Å². The number of ether oxygens (including phenoxy) is 5. The zero-order valence-electron chi connectivity index (χ0n) is 38.3. The fraction of sp³-hybridized carbons (Fsp3) is 0.644. The number of nitrogens with zero attached hydrogens (tertiary/aromatic N) is 3. The number of likely N-dealkylation sites (N-methyl/N-ethyl adjacent to an activating group) is 1. The summed E-state index contributed by atoms with van der Waals surface area (Å²) in [4.78, 5) is 83.0. The number of imide groups is 1. The molecule has 5 rings (SSSR count). The number of hydrogen-bond acceptors (Lipinski definition) is 14. The maximum Gasteiger partial charge on any atom is 0.409 e. The summed E-state index contributed by atoms with van der Waals surface area (Å²) in [7, 11) is 9.26. The lowest BCUT2D eigenvalue weighted by atomic mass is 9.83. The van der Waals surface area contributed by atoms with Crippen molar-refractivity contribution in [3.8, 4) is 5.75 Å². The number of methoxy groups -OCH3 is 2. The number of nitrogens with one attached hydrogen (secondary N) is 1. The molecule has 0 spiro atoms. The van der Waals surface area contributed by atoms with E-state index in [0.717, 1.165) is 16.9 Å². The van der Waals surface area contributed by atoms with E-state index in [9.17, 15) is 33.9 Å². The Morgan fingerprint density at radius 3 is 2.50 bits per heavy atom. The summed E-state index contributed by atoms with van der Waals surface area (Å²) in [5.74, 6) is -1.42. The number of allylic oxidation sites excluding steroid dienone is 3. The largest absolute Gasteiger partial charge is 0.495 e. The lowest BCUT2D eigenvalue weighted by Gasteiger charge is -2.42. The Morgan fingerprint density at radius 2 is 1.84 bits per heavy atom. The Bertz CT molecular complexity index is 2010. The van der Waals surface area contributed by atoms with Gasteiger partial charge in [0.05, 0.1) is 25.3 Å². The number of aliphatic hydroxyl groups is 1. The quantitative estimate of drug-likeness (QED) is 0.0742. The third-order valence-electron chi connectivity index (χ3n) is 12.6. The van der Waals surface area contributed by atoms with Gasteiger partial charge in [-0.05, 0) is 57.7 Å². The second-order valence-electron chi connectivity index (χ2n) is 17.5. The van der Waals surface area contributed by atoms with Gasteiger partial charge in [-0.3, -0.25) is 29.4 Å². The first-order valence-electron chi connectivity index (χ1n) is 21.6. The number of anilines is 1. The van der Waals surface area contributed by atoms with Crippen molar-refractivity contribution in [2.75, 3.05) is 45.5 Å². The third-order valence-corrected chi connectivity index (χ3v) is 16.0. The molecule has 1 aromatic carbocycles. The summed E-state index contributed by atoms with van der Waals surface area (Å²) in [6.07, 6.45) is 2.39. The van der Waals surface area contributed by atoms with E-state index in [0.29, 0.717) is 37.2 Å². The molecule has 2 N–H and O–H groups in total. The summed E-state index contributed by atoms with van der Waals surface area (Å²) >= 11 is 6.80. The molecule has 5 amide bonds. The van der Waals surface area contributed by atoms with Crippen LogP contribution in [0, 0.1) is 11.8 Å². The summed E-state index contributed by atoms with van der Waals surface area (Å²) in [6.45, 7) is 11.2. The number of epoxide rings is 1. The van der Waals surface area contributed by atoms with Crippen molar-refractivity contribution in [3.63, 3.8) is 0 Å². The predicted molar refractivity (Wildman–Crippen MR) is 245 cm³/mol. The number of fused-ring (bicyclic) bond motifs is 5. The molecule has 3 saturated heterocycles. The first-order valence-corrected chi connectivity index (χ1v) is 24.4. The Kier molecular flexibility index (Phi) is 17.3. The van der Waals surface area contributed by atoms with Crippen LogP contribution in [0.2, 0.25) is 5.02 Å². The van der Waals surface area contributed by atoms with E-state index in [1.165, 1.54) is 36.0 Å². The van der Waals surface area contributed by atoms with E-state index in [1.807, 2.05) is 19.9 Å². The fourth-order valence-electron chi connectivity index (χ4n) is 8.30. The van der Waals surface area contributed by atoms with Gasteiger partial charge in [-0.2, -0.15) is 0 Å². The minimum atomic E-state index is -1.85. The fourth-order valence-corrected chi connectivity index (χ4v) is 11.0. The molecule has 0 aliphatic carbocycles. The van der Waals surface area contributed by atoms with Crippen LogP contribution in [-0.4, -0.2) is 138 Å². The van der Waals surface area contributed by atoms with Gasteiger partial charge >= 0.3 is 12.1 Å². The third kappa shape index (κ3) is 12.0. The minimum Gasteiger partial charge on any atom is -0.495 e. The number of amides is 5. The Balaban J connectivity index is 1.31. The highest BCUT2D eigenvalue weighted by molar-refractivity contribution is 8.76. The monoisotopic (exact) mass is 950 g/mol. The summed E-state index contributed by atoms with van der Waals surface area (Å²) in [6, 6.07) is 2.55. The van der Waals surface area contributed by atoms with E-state index in [2.05, 4.69) is 5.32 Å². The highest BCUT2D eigenvalue weighted by atomic mass is 35.5.